The van der Waals surface area contributed by atoms with Crippen LogP contribution < -0.4 is 5.32 Å². The van der Waals surface area contributed by atoms with E-state index in [1.54, 1.807) is 25.3 Å². The van der Waals surface area contributed by atoms with E-state index in [-0.39, 0.29) is 0 Å². The summed E-state index contributed by atoms with van der Waals surface area (Å²) in [7, 11) is 1.63. The molecule has 1 aromatic rings. The Balaban J connectivity index is 2.73. The second-order valence-corrected chi connectivity index (χ2v) is 3.16. The summed E-state index contributed by atoms with van der Waals surface area (Å²) in [6, 6.07) is 7.21. The third-order valence-electron chi connectivity index (χ3n) is 1.72. The minimum Gasteiger partial charge on any atom is -0.383 e. The number of benzene rings is 1. The SMILES string of the molecule is COCCNc1cc(Cl)ccc1C#N. The van der Waals surface area contributed by atoms with Crippen molar-refractivity contribution in [3.05, 3.63) is 28.8 Å². The van der Waals surface area contributed by atoms with Gasteiger partial charge in [-0.2, -0.15) is 5.26 Å². The molecule has 0 saturated carbocycles. The smallest absolute Gasteiger partial charge is 0.101 e. The van der Waals surface area contributed by atoms with Crippen LogP contribution in [-0.2, 0) is 4.74 Å². The Labute approximate surface area is 88.3 Å². The lowest BCUT2D eigenvalue weighted by molar-refractivity contribution is 0.211. The van der Waals surface area contributed by atoms with Crippen molar-refractivity contribution in [2.45, 2.75) is 0 Å². The first-order chi connectivity index (χ1) is 6.77. The molecule has 4 heteroatoms. The van der Waals surface area contributed by atoms with Crippen molar-refractivity contribution in [2.75, 3.05) is 25.6 Å². The quantitative estimate of drug-likeness (QED) is 0.776. The molecule has 0 saturated heterocycles. The maximum Gasteiger partial charge on any atom is 0.101 e. The molecule has 0 spiro atoms. The maximum absolute atomic E-state index is 8.80. The molecule has 0 aliphatic carbocycles. The van der Waals surface area contributed by atoms with Gasteiger partial charge in [0.05, 0.1) is 17.9 Å². The van der Waals surface area contributed by atoms with Gasteiger partial charge in [-0.25, -0.2) is 0 Å². The molecule has 1 N–H and O–H groups in total. The van der Waals surface area contributed by atoms with E-state index >= 15 is 0 Å². The van der Waals surface area contributed by atoms with Gasteiger partial charge in [-0.3, -0.25) is 0 Å². The Morgan fingerprint density at radius 2 is 2.36 bits per heavy atom. The first-order valence-electron chi connectivity index (χ1n) is 4.20. The van der Waals surface area contributed by atoms with E-state index in [9.17, 15) is 0 Å². The van der Waals surface area contributed by atoms with Gasteiger partial charge >= 0.3 is 0 Å². The van der Waals surface area contributed by atoms with Crippen LogP contribution >= 0.6 is 11.6 Å². The predicted molar refractivity (Wildman–Crippen MR) is 56.5 cm³/mol. The van der Waals surface area contributed by atoms with E-state index in [2.05, 4.69) is 11.4 Å². The lowest BCUT2D eigenvalue weighted by Gasteiger charge is -2.07. The summed E-state index contributed by atoms with van der Waals surface area (Å²) in [5, 5.41) is 12.5. The molecule has 0 aromatic heterocycles. The standard InChI is InChI=1S/C10H11ClN2O/c1-14-5-4-13-10-6-9(11)3-2-8(10)7-12/h2-3,6,13H,4-5H2,1H3. The average Bonchev–Trinajstić information content (AvgIpc) is 2.19. The molecule has 0 unspecified atom stereocenters. The number of rotatable bonds is 4. The summed E-state index contributed by atoms with van der Waals surface area (Å²) in [5.74, 6) is 0. The molecule has 0 amide bonds. The van der Waals surface area contributed by atoms with E-state index in [4.69, 9.17) is 21.6 Å². The van der Waals surface area contributed by atoms with Gasteiger partial charge in [0.1, 0.15) is 6.07 Å². The minimum atomic E-state index is 0.588. The lowest BCUT2D eigenvalue weighted by atomic mass is 10.2. The Hall–Kier alpha value is -1.24. The van der Waals surface area contributed by atoms with Gasteiger partial charge in [-0.1, -0.05) is 11.6 Å². The second-order valence-electron chi connectivity index (χ2n) is 2.72. The van der Waals surface area contributed by atoms with Crippen LogP contribution in [0.2, 0.25) is 5.02 Å². The van der Waals surface area contributed by atoms with Gasteiger partial charge in [0.25, 0.3) is 0 Å². The largest absolute Gasteiger partial charge is 0.383 e. The Kier molecular flexibility index (Phi) is 4.24. The van der Waals surface area contributed by atoms with Crippen LogP contribution in [-0.4, -0.2) is 20.3 Å². The van der Waals surface area contributed by atoms with Gasteiger partial charge in [0, 0.05) is 18.7 Å². The van der Waals surface area contributed by atoms with Crippen LogP contribution in [0.5, 0.6) is 0 Å². The minimum absolute atomic E-state index is 0.588. The van der Waals surface area contributed by atoms with Crippen LogP contribution in [0.4, 0.5) is 5.69 Å². The highest BCUT2D eigenvalue weighted by atomic mass is 35.5. The highest BCUT2D eigenvalue weighted by molar-refractivity contribution is 6.30. The van der Waals surface area contributed by atoms with Crippen molar-refractivity contribution in [1.82, 2.24) is 0 Å². The first-order valence-corrected chi connectivity index (χ1v) is 4.58. The Morgan fingerprint density at radius 3 is 3.00 bits per heavy atom. The van der Waals surface area contributed by atoms with E-state index in [1.807, 2.05) is 0 Å². The number of nitrogens with one attached hydrogen (secondary N) is 1. The summed E-state index contributed by atoms with van der Waals surface area (Å²) in [5.41, 5.74) is 1.34. The van der Waals surface area contributed by atoms with Crippen LogP contribution in [0, 0.1) is 11.3 Å². The van der Waals surface area contributed by atoms with Gasteiger partial charge in [-0.05, 0) is 18.2 Å². The van der Waals surface area contributed by atoms with Gasteiger partial charge in [-0.15, -0.1) is 0 Å². The van der Waals surface area contributed by atoms with E-state index in [0.29, 0.717) is 23.7 Å². The molecule has 0 fully saturated rings. The zero-order valence-corrected chi connectivity index (χ0v) is 8.64. The zero-order chi connectivity index (χ0) is 10.4. The van der Waals surface area contributed by atoms with Gasteiger partial charge in [0.15, 0.2) is 0 Å². The fraction of sp³-hybridized carbons (Fsp3) is 0.300. The fourth-order valence-electron chi connectivity index (χ4n) is 1.05. The Morgan fingerprint density at radius 1 is 1.57 bits per heavy atom. The van der Waals surface area contributed by atoms with E-state index in [1.165, 1.54) is 0 Å². The monoisotopic (exact) mass is 210 g/mol. The molecular formula is C10H11ClN2O. The summed E-state index contributed by atoms with van der Waals surface area (Å²) in [6.07, 6.45) is 0. The molecule has 0 aliphatic heterocycles. The molecule has 3 nitrogen and oxygen atoms in total. The van der Waals surface area contributed by atoms with Crippen LogP contribution in [0.25, 0.3) is 0 Å². The van der Waals surface area contributed by atoms with Crippen molar-refractivity contribution in [2.24, 2.45) is 0 Å². The number of nitriles is 1. The van der Waals surface area contributed by atoms with Crippen molar-refractivity contribution < 1.29 is 4.74 Å². The Bertz CT molecular complexity index is 346. The molecule has 0 atom stereocenters. The number of anilines is 1. The van der Waals surface area contributed by atoms with Crippen molar-refractivity contribution >= 4 is 17.3 Å². The van der Waals surface area contributed by atoms with Crippen molar-refractivity contribution in [1.29, 1.82) is 5.26 Å². The highest BCUT2D eigenvalue weighted by Crippen LogP contribution is 2.19. The molecule has 0 bridgehead atoms. The van der Waals surface area contributed by atoms with E-state index in [0.717, 1.165) is 5.69 Å². The molecule has 1 rings (SSSR count). The molecule has 0 aliphatic rings. The van der Waals surface area contributed by atoms with Crippen LogP contribution in [0.3, 0.4) is 0 Å². The summed E-state index contributed by atoms with van der Waals surface area (Å²) in [4.78, 5) is 0. The summed E-state index contributed by atoms with van der Waals surface area (Å²) < 4.78 is 4.89. The second kappa shape index (κ2) is 5.48. The number of nitrogens with zero attached hydrogens (tertiary/aromatic N) is 1. The third-order valence-corrected chi connectivity index (χ3v) is 1.96. The number of halogens is 1. The average molecular weight is 211 g/mol. The predicted octanol–water partition coefficient (Wildman–Crippen LogP) is 2.27. The summed E-state index contributed by atoms with van der Waals surface area (Å²) in [6.45, 7) is 1.25. The fourth-order valence-corrected chi connectivity index (χ4v) is 1.22. The number of ether oxygens (including phenoxy) is 1. The number of hydrogen-bond acceptors (Lipinski definition) is 3. The van der Waals surface area contributed by atoms with Crippen LogP contribution in [0.1, 0.15) is 5.56 Å². The topological polar surface area (TPSA) is 45.0 Å². The maximum atomic E-state index is 8.80. The van der Waals surface area contributed by atoms with Crippen molar-refractivity contribution in [3.63, 3.8) is 0 Å². The molecule has 1 aromatic carbocycles. The zero-order valence-electron chi connectivity index (χ0n) is 7.88. The molecule has 0 heterocycles. The number of methoxy groups -OCH3 is 1. The summed E-state index contributed by atoms with van der Waals surface area (Å²) >= 11 is 5.81. The normalized spacial score (nSPS) is 9.50. The van der Waals surface area contributed by atoms with Gasteiger partial charge < -0.3 is 10.1 Å². The molecule has 74 valence electrons. The number of hydrogen-bond donors (Lipinski definition) is 1. The van der Waals surface area contributed by atoms with Crippen LogP contribution in [0.15, 0.2) is 18.2 Å². The van der Waals surface area contributed by atoms with Gasteiger partial charge in [0.2, 0.25) is 0 Å². The first kappa shape index (κ1) is 10.8. The molecule has 0 radical (unpaired) electrons. The third kappa shape index (κ3) is 2.91. The molecule has 14 heavy (non-hydrogen) atoms. The van der Waals surface area contributed by atoms with Crippen molar-refractivity contribution in [3.8, 4) is 6.07 Å². The van der Waals surface area contributed by atoms with E-state index < -0.39 is 0 Å². The molecular weight excluding hydrogens is 200 g/mol. The highest BCUT2D eigenvalue weighted by Gasteiger charge is 2.01. The lowest BCUT2D eigenvalue weighted by Crippen LogP contribution is -2.08.